The highest BCUT2D eigenvalue weighted by molar-refractivity contribution is 6.30. The quantitative estimate of drug-likeness (QED) is 0.783. The van der Waals surface area contributed by atoms with Gasteiger partial charge in [-0.3, -0.25) is 9.69 Å². The summed E-state index contributed by atoms with van der Waals surface area (Å²) in [5, 5.41) is 9.86. The number of amides is 1. The van der Waals surface area contributed by atoms with Crippen LogP contribution >= 0.6 is 11.6 Å². The SMILES string of the molecule is Cc1nc(C#N)c(N2CCN(C(=O)CN(C)Cc3cccc(Cl)c3)CC2)o1. The monoisotopic (exact) mass is 387 g/mol. The molecule has 1 saturated heterocycles. The third-order valence-electron chi connectivity index (χ3n) is 4.49. The Morgan fingerprint density at radius 1 is 1.37 bits per heavy atom. The lowest BCUT2D eigenvalue weighted by Crippen LogP contribution is -2.51. The number of rotatable bonds is 5. The Morgan fingerprint density at radius 2 is 2.11 bits per heavy atom. The van der Waals surface area contributed by atoms with Crippen molar-refractivity contribution in [2.24, 2.45) is 0 Å². The van der Waals surface area contributed by atoms with Gasteiger partial charge in [-0.15, -0.1) is 0 Å². The average molecular weight is 388 g/mol. The first-order valence-electron chi connectivity index (χ1n) is 8.79. The Morgan fingerprint density at radius 3 is 2.78 bits per heavy atom. The van der Waals surface area contributed by atoms with Crippen LogP contribution in [-0.2, 0) is 11.3 Å². The Balaban J connectivity index is 1.51. The summed E-state index contributed by atoms with van der Waals surface area (Å²) in [6.45, 7) is 5.15. The smallest absolute Gasteiger partial charge is 0.236 e. The molecular formula is C19H22ClN5O2. The normalized spacial score (nSPS) is 14.5. The van der Waals surface area contributed by atoms with E-state index < -0.39 is 0 Å². The molecule has 0 aliphatic carbocycles. The van der Waals surface area contributed by atoms with Crippen molar-refractivity contribution in [3.63, 3.8) is 0 Å². The molecule has 7 nitrogen and oxygen atoms in total. The van der Waals surface area contributed by atoms with E-state index in [1.165, 1.54) is 0 Å². The Kier molecular flexibility index (Phi) is 5.99. The number of hydrogen-bond donors (Lipinski definition) is 0. The summed E-state index contributed by atoms with van der Waals surface area (Å²) in [6.07, 6.45) is 0. The summed E-state index contributed by atoms with van der Waals surface area (Å²) in [5.41, 5.74) is 1.38. The highest BCUT2D eigenvalue weighted by Crippen LogP contribution is 2.22. The number of benzene rings is 1. The zero-order chi connectivity index (χ0) is 19.4. The Hall–Kier alpha value is -2.56. The van der Waals surface area contributed by atoms with Gasteiger partial charge in [0.2, 0.25) is 17.5 Å². The first kappa shape index (κ1) is 19.2. The third-order valence-corrected chi connectivity index (χ3v) is 4.72. The van der Waals surface area contributed by atoms with Gasteiger partial charge in [0.1, 0.15) is 6.07 Å². The molecule has 1 aliphatic rings. The number of oxazole rings is 1. The molecule has 0 unspecified atom stereocenters. The molecule has 0 N–H and O–H groups in total. The van der Waals surface area contributed by atoms with Gasteiger partial charge >= 0.3 is 0 Å². The standard InChI is InChI=1S/C19H22ClN5O2/c1-14-22-17(11-21)19(27-14)25-8-6-24(7-9-25)18(26)13-23(2)12-15-4-3-5-16(20)10-15/h3-5,10H,6-9,12-13H2,1-2H3. The lowest BCUT2D eigenvalue weighted by molar-refractivity contribution is -0.132. The van der Waals surface area contributed by atoms with Crippen LogP contribution < -0.4 is 4.90 Å². The molecule has 1 fully saturated rings. The maximum atomic E-state index is 12.6. The number of anilines is 1. The Labute approximate surface area is 163 Å². The van der Waals surface area contributed by atoms with Crippen molar-refractivity contribution in [2.45, 2.75) is 13.5 Å². The molecule has 0 spiro atoms. The first-order chi connectivity index (χ1) is 13.0. The number of nitrogens with zero attached hydrogens (tertiary/aromatic N) is 5. The van der Waals surface area contributed by atoms with E-state index in [2.05, 4.69) is 11.1 Å². The summed E-state index contributed by atoms with van der Waals surface area (Å²) in [4.78, 5) is 22.5. The van der Waals surface area contributed by atoms with E-state index in [1.807, 2.05) is 46.0 Å². The molecule has 2 heterocycles. The number of likely N-dealkylation sites (N-methyl/N-ethyl adjacent to an activating group) is 1. The van der Waals surface area contributed by atoms with Gasteiger partial charge in [0.15, 0.2) is 5.89 Å². The highest BCUT2D eigenvalue weighted by atomic mass is 35.5. The summed E-state index contributed by atoms with van der Waals surface area (Å²) in [5.74, 6) is 1.07. The van der Waals surface area contributed by atoms with Crippen LogP contribution in [0.5, 0.6) is 0 Å². The molecule has 1 amide bonds. The molecule has 8 heteroatoms. The van der Waals surface area contributed by atoms with Crippen LogP contribution in [0, 0.1) is 18.3 Å². The van der Waals surface area contributed by atoms with Gasteiger partial charge in [-0.25, -0.2) is 4.98 Å². The third kappa shape index (κ3) is 4.79. The minimum atomic E-state index is 0.0911. The summed E-state index contributed by atoms with van der Waals surface area (Å²) < 4.78 is 5.55. The van der Waals surface area contributed by atoms with Crippen LogP contribution in [-0.4, -0.2) is 60.5 Å². The van der Waals surface area contributed by atoms with Crippen molar-refractivity contribution in [1.82, 2.24) is 14.8 Å². The van der Waals surface area contributed by atoms with E-state index in [9.17, 15) is 4.79 Å². The Bertz CT molecular complexity index is 852. The summed E-state index contributed by atoms with van der Waals surface area (Å²) in [7, 11) is 1.92. The van der Waals surface area contributed by atoms with Crippen molar-refractivity contribution in [1.29, 1.82) is 5.26 Å². The van der Waals surface area contributed by atoms with Crippen molar-refractivity contribution in [3.05, 3.63) is 46.4 Å². The molecule has 2 aromatic rings. The van der Waals surface area contributed by atoms with Gasteiger partial charge in [0, 0.05) is 44.7 Å². The molecule has 0 bridgehead atoms. The fraction of sp³-hybridized carbons (Fsp3) is 0.421. The maximum Gasteiger partial charge on any atom is 0.236 e. The van der Waals surface area contributed by atoms with Crippen molar-refractivity contribution in [2.75, 3.05) is 44.7 Å². The number of hydrogen-bond acceptors (Lipinski definition) is 6. The number of nitriles is 1. The van der Waals surface area contributed by atoms with Crippen LogP contribution in [0.4, 0.5) is 5.88 Å². The van der Waals surface area contributed by atoms with Gasteiger partial charge < -0.3 is 14.2 Å². The van der Waals surface area contributed by atoms with Crippen LogP contribution in [0.1, 0.15) is 17.1 Å². The van der Waals surface area contributed by atoms with Crippen LogP contribution in [0.15, 0.2) is 28.7 Å². The zero-order valence-corrected chi connectivity index (χ0v) is 16.2. The fourth-order valence-electron chi connectivity index (χ4n) is 3.20. The van der Waals surface area contributed by atoms with Gasteiger partial charge in [0.25, 0.3) is 0 Å². The van der Waals surface area contributed by atoms with Crippen molar-refractivity contribution >= 4 is 23.4 Å². The second-order valence-corrected chi connectivity index (χ2v) is 7.10. The predicted octanol–water partition coefficient (Wildman–Crippen LogP) is 2.29. The molecule has 27 heavy (non-hydrogen) atoms. The summed E-state index contributed by atoms with van der Waals surface area (Å²) in [6, 6.07) is 9.71. The number of halogens is 1. The maximum absolute atomic E-state index is 12.6. The molecular weight excluding hydrogens is 366 g/mol. The van der Waals surface area contributed by atoms with Crippen molar-refractivity contribution < 1.29 is 9.21 Å². The number of piperazine rings is 1. The van der Waals surface area contributed by atoms with Gasteiger partial charge in [0.05, 0.1) is 6.54 Å². The van der Waals surface area contributed by atoms with E-state index in [0.717, 1.165) is 5.56 Å². The highest BCUT2D eigenvalue weighted by Gasteiger charge is 2.26. The molecule has 142 valence electrons. The van der Waals surface area contributed by atoms with E-state index in [0.29, 0.717) is 61.8 Å². The molecule has 0 radical (unpaired) electrons. The topological polar surface area (TPSA) is 76.6 Å². The molecule has 0 saturated carbocycles. The molecule has 1 aliphatic heterocycles. The average Bonchev–Trinajstić information content (AvgIpc) is 3.02. The van der Waals surface area contributed by atoms with Crippen LogP contribution in [0.25, 0.3) is 0 Å². The summed E-state index contributed by atoms with van der Waals surface area (Å²) >= 11 is 6.01. The molecule has 0 atom stereocenters. The lowest BCUT2D eigenvalue weighted by atomic mass is 10.2. The van der Waals surface area contributed by atoms with E-state index in [1.54, 1.807) is 6.92 Å². The van der Waals surface area contributed by atoms with E-state index in [4.69, 9.17) is 21.3 Å². The molecule has 3 rings (SSSR count). The second kappa shape index (κ2) is 8.42. The molecule has 1 aromatic carbocycles. The number of aromatic nitrogens is 1. The number of carbonyl (C=O) groups is 1. The van der Waals surface area contributed by atoms with Gasteiger partial charge in [-0.05, 0) is 24.7 Å². The predicted molar refractivity (Wildman–Crippen MR) is 103 cm³/mol. The van der Waals surface area contributed by atoms with Crippen LogP contribution in [0.3, 0.4) is 0 Å². The second-order valence-electron chi connectivity index (χ2n) is 6.67. The minimum absolute atomic E-state index is 0.0911. The van der Waals surface area contributed by atoms with E-state index >= 15 is 0 Å². The largest absolute Gasteiger partial charge is 0.424 e. The first-order valence-corrected chi connectivity index (χ1v) is 9.17. The van der Waals surface area contributed by atoms with Crippen molar-refractivity contribution in [3.8, 4) is 6.07 Å². The fourth-order valence-corrected chi connectivity index (χ4v) is 3.41. The molecule has 1 aromatic heterocycles. The lowest BCUT2D eigenvalue weighted by Gasteiger charge is -2.35. The number of carbonyl (C=O) groups excluding carboxylic acids is 1. The number of aryl methyl sites for hydroxylation is 1. The van der Waals surface area contributed by atoms with Gasteiger partial charge in [-0.1, -0.05) is 23.7 Å². The van der Waals surface area contributed by atoms with Crippen LogP contribution in [0.2, 0.25) is 5.02 Å². The zero-order valence-electron chi connectivity index (χ0n) is 15.5. The minimum Gasteiger partial charge on any atom is -0.424 e. The van der Waals surface area contributed by atoms with Gasteiger partial charge in [-0.2, -0.15) is 5.26 Å². The van der Waals surface area contributed by atoms with E-state index in [-0.39, 0.29) is 5.91 Å².